The fourth-order valence-electron chi connectivity index (χ4n) is 2.25. The number of carbonyl (C=O) groups is 1. The van der Waals surface area contributed by atoms with Gasteiger partial charge < -0.3 is 15.5 Å². The third-order valence-electron chi connectivity index (χ3n) is 3.32. The van der Waals surface area contributed by atoms with Gasteiger partial charge in [0.2, 0.25) is 0 Å². The van der Waals surface area contributed by atoms with Crippen LogP contribution in [0.5, 0.6) is 11.5 Å². The minimum Gasteiger partial charge on any atom is -0.508 e. The van der Waals surface area contributed by atoms with Gasteiger partial charge in [-0.3, -0.25) is 4.79 Å². The van der Waals surface area contributed by atoms with Gasteiger partial charge in [-0.2, -0.15) is 0 Å². The fourth-order valence-corrected chi connectivity index (χ4v) is 2.62. The zero-order valence-electron chi connectivity index (χ0n) is 9.90. The Hall–Kier alpha value is -1.42. The first-order valence-corrected chi connectivity index (χ1v) is 6.46. The molecule has 2 rings (SSSR count). The van der Waals surface area contributed by atoms with Gasteiger partial charge in [0, 0.05) is 18.0 Å². The Bertz CT molecular complexity index is 450. The molecule has 1 fully saturated rings. The van der Waals surface area contributed by atoms with Crippen LogP contribution >= 0.6 is 11.6 Å². The van der Waals surface area contributed by atoms with Crippen LogP contribution in [0, 0.1) is 5.92 Å². The van der Waals surface area contributed by atoms with Crippen LogP contribution in [0.25, 0.3) is 0 Å². The Morgan fingerprint density at radius 2 is 2.17 bits per heavy atom. The fraction of sp³-hybridized carbons (Fsp3) is 0.462. The number of aromatic hydroxyl groups is 2. The molecule has 98 valence electrons. The number of alkyl halides is 1. The number of phenolic OH excluding ortho intramolecular Hbond substituents is 2. The minimum atomic E-state index is -0.344. The average molecular weight is 270 g/mol. The smallest absolute Gasteiger partial charge is 0.255 e. The van der Waals surface area contributed by atoms with Crippen molar-refractivity contribution in [2.24, 2.45) is 5.92 Å². The average Bonchev–Trinajstić information content (AvgIpc) is 2.72. The van der Waals surface area contributed by atoms with Gasteiger partial charge in [-0.1, -0.05) is 6.42 Å². The van der Waals surface area contributed by atoms with Crippen molar-refractivity contribution in [1.82, 2.24) is 5.32 Å². The van der Waals surface area contributed by atoms with Crippen LogP contribution in [-0.4, -0.2) is 28.0 Å². The largest absolute Gasteiger partial charge is 0.508 e. The number of benzene rings is 1. The number of phenols is 2. The van der Waals surface area contributed by atoms with Gasteiger partial charge in [0.15, 0.2) is 0 Å². The Morgan fingerprint density at radius 3 is 2.78 bits per heavy atom. The summed E-state index contributed by atoms with van der Waals surface area (Å²) in [6.07, 6.45) is 3.11. The van der Waals surface area contributed by atoms with Crippen LogP contribution in [0.4, 0.5) is 0 Å². The van der Waals surface area contributed by atoms with Crippen LogP contribution in [-0.2, 0) is 0 Å². The third-order valence-corrected chi connectivity index (χ3v) is 3.89. The molecule has 4 nitrogen and oxygen atoms in total. The SMILES string of the molecule is O=C(NCC1CCCC1Cl)c1ccc(O)cc1O. The van der Waals surface area contributed by atoms with E-state index in [1.807, 2.05) is 0 Å². The molecule has 1 aromatic rings. The standard InChI is InChI=1S/C13H16ClNO3/c14-11-3-1-2-8(11)7-15-13(18)10-5-4-9(16)6-12(10)17/h4-6,8,11,16-17H,1-3,7H2,(H,15,18). The molecule has 1 aliphatic rings. The van der Waals surface area contributed by atoms with Gasteiger partial charge >= 0.3 is 0 Å². The van der Waals surface area contributed by atoms with Crippen molar-refractivity contribution < 1.29 is 15.0 Å². The predicted molar refractivity (Wildman–Crippen MR) is 69.1 cm³/mol. The molecule has 0 spiro atoms. The Balaban J connectivity index is 1.95. The van der Waals surface area contributed by atoms with Gasteiger partial charge in [0.05, 0.1) is 5.56 Å². The normalized spacial score (nSPS) is 22.9. The first-order chi connectivity index (χ1) is 8.58. The molecule has 3 N–H and O–H groups in total. The minimum absolute atomic E-state index is 0.0688. The second-order valence-electron chi connectivity index (χ2n) is 4.62. The first kappa shape index (κ1) is 13.0. The van der Waals surface area contributed by atoms with Crippen LogP contribution in [0.2, 0.25) is 0 Å². The molecular formula is C13H16ClNO3. The second-order valence-corrected chi connectivity index (χ2v) is 5.18. The summed E-state index contributed by atoms with van der Waals surface area (Å²) in [7, 11) is 0. The molecule has 1 aromatic carbocycles. The van der Waals surface area contributed by atoms with E-state index in [9.17, 15) is 9.90 Å². The number of rotatable bonds is 3. The van der Waals surface area contributed by atoms with Crippen molar-refractivity contribution >= 4 is 17.5 Å². The van der Waals surface area contributed by atoms with Crippen molar-refractivity contribution in [3.05, 3.63) is 23.8 Å². The highest BCUT2D eigenvalue weighted by Gasteiger charge is 2.25. The molecule has 0 heterocycles. The molecule has 0 radical (unpaired) electrons. The lowest BCUT2D eigenvalue weighted by molar-refractivity contribution is 0.0945. The van der Waals surface area contributed by atoms with Crippen molar-refractivity contribution in [2.75, 3.05) is 6.54 Å². The number of carbonyl (C=O) groups excluding carboxylic acids is 1. The van der Waals surface area contributed by atoms with Crippen molar-refractivity contribution in [2.45, 2.75) is 24.6 Å². The van der Waals surface area contributed by atoms with Gasteiger partial charge in [0.25, 0.3) is 5.91 Å². The number of halogens is 1. The van der Waals surface area contributed by atoms with E-state index < -0.39 is 0 Å². The molecule has 0 bridgehead atoms. The second kappa shape index (κ2) is 5.48. The molecule has 1 saturated carbocycles. The lowest BCUT2D eigenvalue weighted by Gasteiger charge is -2.14. The third kappa shape index (κ3) is 2.88. The van der Waals surface area contributed by atoms with E-state index in [4.69, 9.17) is 16.7 Å². The highest BCUT2D eigenvalue weighted by atomic mass is 35.5. The van der Waals surface area contributed by atoms with Gasteiger partial charge in [-0.15, -0.1) is 11.6 Å². The molecule has 2 atom stereocenters. The van der Waals surface area contributed by atoms with E-state index in [0.717, 1.165) is 25.3 Å². The maximum absolute atomic E-state index is 11.8. The molecule has 2 unspecified atom stereocenters. The van der Waals surface area contributed by atoms with Crippen LogP contribution < -0.4 is 5.32 Å². The van der Waals surface area contributed by atoms with Crippen molar-refractivity contribution in [1.29, 1.82) is 0 Å². The van der Waals surface area contributed by atoms with Crippen molar-refractivity contribution in [3.63, 3.8) is 0 Å². The highest BCUT2D eigenvalue weighted by molar-refractivity contribution is 6.21. The molecule has 0 aliphatic heterocycles. The lowest BCUT2D eigenvalue weighted by Crippen LogP contribution is -2.31. The summed E-state index contributed by atoms with van der Waals surface area (Å²) < 4.78 is 0. The maximum atomic E-state index is 11.8. The Kier molecular flexibility index (Phi) is 3.97. The molecular weight excluding hydrogens is 254 g/mol. The molecule has 0 aromatic heterocycles. The molecule has 1 amide bonds. The molecule has 1 aliphatic carbocycles. The summed E-state index contributed by atoms with van der Waals surface area (Å²) in [6, 6.07) is 3.91. The van der Waals surface area contributed by atoms with E-state index in [-0.39, 0.29) is 28.3 Å². The number of amides is 1. The molecule has 5 heteroatoms. The highest BCUT2D eigenvalue weighted by Crippen LogP contribution is 2.29. The summed E-state index contributed by atoms with van der Waals surface area (Å²) in [5.41, 5.74) is 0.164. The van der Waals surface area contributed by atoms with Crippen LogP contribution in [0.15, 0.2) is 18.2 Å². The molecule has 18 heavy (non-hydrogen) atoms. The van der Waals surface area contributed by atoms with Crippen LogP contribution in [0.1, 0.15) is 29.6 Å². The van der Waals surface area contributed by atoms with Crippen LogP contribution in [0.3, 0.4) is 0 Å². The Labute approximate surface area is 111 Å². The number of hydrogen-bond donors (Lipinski definition) is 3. The Morgan fingerprint density at radius 1 is 1.39 bits per heavy atom. The number of nitrogens with one attached hydrogen (secondary N) is 1. The molecule has 0 saturated heterocycles. The summed E-state index contributed by atoms with van der Waals surface area (Å²) >= 11 is 6.13. The van der Waals surface area contributed by atoms with E-state index in [0.29, 0.717) is 12.5 Å². The monoisotopic (exact) mass is 269 g/mol. The summed E-state index contributed by atoms with van der Waals surface area (Å²) in [5.74, 6) is -0.333. The lowest BCUT2D eigenvalue weighted by atomic mass is 10.1. The first-order valence-electron chi connectivity index (χ1n) is 6.02. The zero-order chi connectivity index (χ0) is 13.1. The van der Waals surface area contributed by atoms with Gasteiger partial charge in [0.1, 0.15) is 11.5 Å². The topological polar surface area (TPSA) is 69.6 Å². The van der Waals surface area contributed by atoms with Gasteiger partial charge in [-0.25, -0.2) is 0 Å². The van der Waals surface area contributed by atoms with E-state index in [1.165, 1.54) is 12.1 Å². The summed E-state index contributed by atoms with van der Waals surface area (Å²) in [4.78, 5) is 11.8. The summed E-state index contributed by atoms with van der Waals surface area (Å²) in [6.45, 7) is 0.521. The predicted octanol–water partition coefficient (Wildman–Crippen LogP) is 2.24. The van der Waals surface area contributed by atoms with E-state index in [1.54, 1.807) is 0 Å². The number of hydrogen-bond acceptors (Lipinski definition) is 3. The maximum Gasteiger partial charge on any atom is 0.255 e. The quantitative estimate of drug-likeness (QED) is 0.737. The zero-order valence-corrected chi connectivity index (χ0v) is 10.7. The van der Waals surface area contributed by atoms with E-state index >= 15 is 0 Å². The van der Waals surface area contributed by atoms with Gasteiger partial charge in [-0.05, 0) is 30.9 Å². The summed E-state index contributed by atoms with van der Waals surface area (Å²) in [5, 5.41) is 21.6. The van der Waals surface area contributed by atoms with E-state index in [2.05, 4.69) is 5.32 Å². The van der Waals surface area contributed by atoms with Crippen molar-refractivity contribution in [3.8, 4) is 11.5 Å².